The highest BCUT2D eigenvalue weighted by Crippen LogP contribution is 2.19. The van der Waals surface area contributed by atoms with E-state index in [1.54, 1.807) is 12.1 Å². The summed E-state index contributed by atoms with van der Waals surface area (Å²) >= 11 is 0. The number of hydrazone groups is 1. The van der Waals surface area contributed by atoms with Crippen LogP contribution in [0, 0.1) is 0 Å². The van der Waals surface area contributed by atoms with E-state index in [9.17, 15) is 9.59 Å². The lowest BCUT2D eigenvalue weighted by atomic mass is 10.1. The van der Waals surface area contributed by atoms with Crippen molar-refractivity contribution in [1.29, 1.82) is 0 Å². The molecule has 0 heterocycles. The Labute approximate surface area is 104 Å². The lowest BCUT2D eigenvalue weighted by Crippen LogP contribution is -2.24. The van der Waals surface area contributed by atoms with Crippen LogP contribution in [0.1, 0.15) is 15.9 Å². The Morgan fingerprint density at radius 2 is 2.11 bits per heavy atom. The number of ether oxygens (including phenoxy) is 2. The van der Waals surface area contributed by atoms with Crippen molar-refractivity contribution >= 4 is 18.2 Å². The minimum atomic E-state index is -0.770. The number of nitrogens with zero attached hydrogens (tertiary/aromatic N) is 1. The van der Waals surface area contributed by atoms with Gasteiger partial charge in [0.2, 0.25) is 0 Å². The molecular weight excluding hydrogens is 238 g/mol. The molecule has 1 aromatic carbocycles. The van der Waals surface area contributed by atoms with Gasteiger partial charge in [-0.3, -0.25) is 0 Å². The fourth-order valence-electron chi connectivity index (χ4n) is 1.25. The first-order valence-corrected chi connectivity index (χ1v) is 4.93. The molecule has 0 bridgehead atoms. The highest BCUT2D eigenvalue weighted by atomic mass is 16.5. The third-order valence-corrected chi connectivity index (χ3v) is 2.02. The zero-order valence-electron chi connectivity index (χ0n) is 9.97. The van der Waals surface area contributed by atoms with Crippen LogP contribution >= 0.6 is 0 Å². The molecule has 0 aliphatic carbocycles. The molecule has 1 rings (SSSR count). The van der Waals surface area contributed by atoms with Crippen molar-refractivity contribution in [3.8, 4) is 5.75 Å². The average molecular weight is 251 g/mol. The highest BCUT2D eigenvalue weighted by molar-refractivity contribution is 5.95. The van der Waals surface area contributed by atoms with E-state index in [4.69, 9.17) is 10.5 Å². The number of amides is 2. The molecule has 7 nitrogen and oxygen atoms in total. The predicted octanol–water partition coefficient (Wildman–Crippen LogP) is 0.484. The summed E-state index contributed by atoms with van der Waals surface area (Å²) in [4.78, 5) is 21.9. The highest BCUT2D eigenvalue weighted by Gasteiger charge is 2.12. The van der Waals surface area contributed by atoms with Crippen LogP contribution in [0.3, 0.4) is 0 Å². The number of benzene rings is 1. The van der Waals surface area contributed by atoms with E-state index >= 15 is 0 Å². The predicted molar refractivity (Wildman–Crippen MR) is 64.6 cm³/mol. The van der Waals surface area contributed by atoms with Gasteiger partial charge < -0.3 is 15.2 Å². The van der Waals surface area contributed by atoms with Crippen molar-refractivity contribution in [1.82, 2.24) is 5.43 Å². The smallest absolute Gasteiger partial charge is 0.341 e. The van der Waals surface area contributed by atoms with Crippen LogP contribution in [0.4, 0.5) is 4.79 Å². The third-order valence-electron chi connectivity index (χ3n) is 2.02. The number of methoxy groups -OCH3 is 2. The first kappa shape index (κ1) is 13.5. The maximum atomic E-state index is 11.5. The normalized spacial score (nSPS) is 10.1. The molecule has 1 aromatic rings. The summed E-state index contributed by atoms with van der Waals surface area (Å²) in [6.07, 6.45) is 1.34. The van der Waals surface area contributed by atoms with Crippen molar-refractivity contribution in [2.75, 3.05) is 14.2 Å². The molecule has 0 atom stereocenters. The first-order valence-electron chi connectivity index (χ1n) is 4.93. The summed E-state index contributed by atoms with van der Waals surface area (Å²) in [5.41, 5.74) is 7.74. The average Bonchev–Trinajstić information content (AvgIpc) is 2.37. The van der Waals surface area contributed by atoms with Gasteiger partial charge in [0.1, 0.15) is 11.3 Å². The van der Waals surface area contributed by atoms with E-state index in [0.717, 1.165) is 0 Å². The summed E-state index contributed by atoms with van der Waals surface area (Å²) in [7, 11) is 2.72. The zero-order valence-corrected chi connectivity index (χ0v) is 9.97. The number of rotatable bonds is 4. The zero-order chi connectivity index (χ0) is 13.5. The minimum absolute atomic E-state index is 0.267. The molecule has 0 spiro atoms. The Hall–Kier alpha value is -2.57. The monoisotopic (exact) mass is 251 g/mol. The van der Waals surface area contributed by atoms with Gasteiger partial charge >= 0.3 is 12.0 Å². The molecule has 18 heavy (non-hydrogen) atoms. The standard InChI is InChI=1S/C11H13N3O4/c1-17-9-4-3-7(6-13-14-11(12)16)5-8(9)10(15)18-2/h3-6H,1-2H3,(H3,12,14,16). The lowest BCUT2D eigenvalue weighted by Gasteiger charge is -2.07. The fourth-order valence-corrected chi connectivity index (χ4v) is 1.25. The number of urea groups is 1. The first-order chi connectivity index (χ1) is 8.58. The number of carbonyl (C=O) groups excluding carboxylic acids is 2. The van der Waals surface area contributed by atoms with Crippen molar-refractivity contribution in [3.05, 3.63) is 29.3 Å². The minimum Gasteiger partial charge on any atom is -0.496 e. The molecule has 0 radical (unpaired) electrons. The SMILES string of the molecule is COC(=O)c1cc(C=NNC(N)=O)ccc1OC. The largest absolute Gasteiger partial charge is 0.496 e. The number of hydrogen-bond acceptors (Lipinski definition) is 5. The molecule has 0 aliphatic heterocycles. The molecule has 7 heteroatoms. The summed E-state index contributed by atoms with van der Waals surface area (Å²) in [6, 6.07) is 4.01. The summed E-state index contributed by atoms with van der Waals surface area (Å²) in [5, 5.41) is 3.58. The van der Waals surface area contributed by atoms with Gasteiger partial charge in [0.25, 0.3) is 0 Å². The molecule has 0 aromatic heterocycles. The molecule has 96 valence electrons. The second-order valence-corrected chi connectivity index (χ2v) is 3.19. The number of esters is 1. The maximum Gasteiger partial charge on any atom is 0.341 e. The summed E-state index contributed by atoms with van der Waals surface area (Å²) < 4.78 is 9.65. The number of carbonyl (C=O) groups is 2. The van der Waals surface area contributed by atoms with Gasteiger partial charge in [-0.1, -0.05) is 0 Å². The van der Waals surface area contributed by atoms with Gasteiger partial charge in [0.05, 0.1) is 20.4 Å². The Kier molecular flexibility index (Phi) is 4.67. The lowest BCUT2D eigenvalue weighted by molar-refractivity contribution is 0.0597. The molecule has 3 N–H and O–H groups in total. The van der Waals surface area contributed by atoms with Crippen LogP contribution < -0.4 is 15.9 Å². The molecular formula is C11H13N3O4. The van der Waals surface area contributed by atoms with Crippen LogP contribution in [-0.2, 0) is 4.74 Å². The number of hydrogen-bond donors (Lipinski definition) is 2. The molecule has 0 unspecified atom stereocenters. The van der Waals surface area contributed by atoms with Crippen LogP contribution in [0.2, 0.25) is 0 Å². The Balaban J connectivity index is 2.99. The molecule has 0 saturated heterocycles. The number of primary amides is 1. The second-order valence-electron chi connectivity index (χ2n) is 3.19. The Morgan fingerprint density at radius 3 is 2.67 bits per heavy atom. The molecule has 0 fully saturated rings. The molecule has 0 saturated carbocycles. The van der Waals surface area contributed by atoms with Crippen molar-refractivity contribution < 1.29 is 19.1 Å². The van der Waals surface area contributed by atoms with E-state index in [1.165, 1.54) is 26.5 Å². The van der Waals surface area contributed by atoms with Gasteiger partial charge in [-0.15, -0.1) is 0 Å². The number of nitrogens with two attached hydrogens (primary N) is 1. The van der Waals surface area contributed by atoms with E-state index in [1.807, 2.05) is 5.43 Å². The van der Waals surface area contributed by atoms with E-state index in [0.29, 0.717) is 11.3 Å². The van der Waals surface area contributed by atoms with Crippen LogP contribution in [0.5, 0.6) is 5.75 Å². The second kappa shape index (κ2) is 6.24. The van der Waals surface area contributed by atoms with Gasteiger partial charge in [0.15, 0.2) is 0 Å². The van der Waals surface area contributed by atoms with E-state index in [2.05, 4.69) is 9.84 Å². The van der Waals surface area contributed by atoms with Gasteiger partial charge in [-0.05, 0) is 23.8 Å². The van der Waals surface area contributed by atoms with Gasteiger partial charge in [-0.25, -0.2) is 15.0 Å². The van der Waals surface area contributed by atoms with Gasteiger partial charge in [-0.2, -0.15) is 5.10 Å². The maximum absolute atomic E-state index is 11.5. The Morgan fingerprint density at radius 1 is 1.39 bits per heavy atom. The fraction of sp³-hybridized carbons (Fsp3) is 0.182. The van der Waals surface area contributed by atoms with E-state index < -0.39 is 12.0 Å². The van der Waals surface area contributed by atoms with Crippen molar-refractivity contribution in [2.45, 2.75) is 0 Å². The van der Waals surface area contributed by atoms with Crippen LogP contribution in [0.15, 0.2) is 23.3 Å². The van der Waals surface area contributed by atoms with Crippen molar-refractivity contribution in [3.63, 3.8) is 0 Å². The third kappa shape index (κ3) is 3.48. The van der Waals surface area contributed by atoms with E-state index in [-0.39, 0.29) is 5.56 Å². The Bertz CT molecular complexity index is 485. The topological polar surface area (TPSA) is 103 Å². The molecule has 0 aliphatic rings. The summed E-state index contributed by atoms with van der Waals surface area (Å²) in [6.45, 7) is 0. The van der Waals surface area contributed by atoms with Crippen LogP contribution in [-0.4, -0.2) is 32.4 Å². The summed E-state index contributed by atoms with van der Waals surface area (Å²) in [5.74, 6) is -0.133. The number of nitrogens with one attached hydrogen (secondary N) is 1. The van der Waals surface area contributed by atoms with Crippen molar-refractivity contribution in [2.24, 2.45) is 10.8 Å². The van der Waals surface area contributed by atoms with Gasteiger partial charge in [0, 0.05) is 0 Å². The van der Waals surface area contributed by atoms with Crippen LogP contribution in [0.25, 0.3) is 0 Å². The molecule has 2 amide bonds. The quantitative estimate of drug-likeness (QED) is 0.461.